The van der Waals surface area contributed by atoms with Gasteiger partial charge in [0.05, 0.1) is 5.56 Å². The average Bonchev–Trinajstić information content (AvgIpc) is 2.62. The summed E-state index contributed by atoms with van der Waals surface area (Å²) in [5.74, 6) is 0. The molecule has 0 bridgehead atoms. The van der Waals surface area contributed by atoms with Gasteiger partial charge in [-0.05, 0) is 60.4 Å². The van der Waals surface area contributed by atoms with Crippen molar-refractivity contribution >= 4 is 17.3 Å². The van der Waals surface area contributed by atoms with Gasteiger partial charge in [0.25, 0.3) is 0 Å². The maximum Gasteiger partial charge on any atom is 0.416 e. The fourth-order valence-corrected chi connectivity index (χ4v) is 2.84. The molecule has 26 heavy (non-hydrogen) atoms. The number of carbonyl (C=O) groups excluding carboxylic acids is 1. The fourth-order valence-electron chi connectivity index (χ4n) is 2.84. The van der Waals surface area contributed by atoms with Crippen molar-refractivity contribution in [1.29, 1.82) is 0 Å². The number of halogens is 3. The van der Waals surface area contributed by atoms with Gasteiger partial charge in [-0.25, -0.2) is 4.79 Å². The van der Waals surface area contributed by atoms with Gasteiger partial charge in [-0.2, -0.15) is 13.2 Å². The molecule has 0 saturated carbocycles. The Morgan fingerprint density at radius 3 is 2.50 bits per heavy atom. The molecule has 3 rings (SSSR count). The highest BCUT2D eigenvalue weighted by Gasteiger charge is 2.30. The van der Waals surface area contributed by atoms with Crippen molar-refractivity contribution in [2.45, 2.75) is 19.5 Å². The molecule has 0 unspecified atom stereocenters. The lowest BCUT2D eigenvalue weighted by Gasteiger charge is -2.27. The normalized spacial score (nSPS) is 14.8. The zero-order valence-corrected chi connectivity index (χ0v) is 14.2. The van der Waals surface area contributed by atoms with E-state index in [1.165, 1.54) is 12.1 Å². The van der Waals surface area contributed by atoms with Crippen molar-refractivity contribution in [3.63, 3.8) is 0 Å². The number of carbonyl (C=O) groups is 1. The molecule has 0 atom stereocenters. The van der Waals surface area contributed by atoms with Crippen LogP contribution in [0.5, 0.6) is 0 Å². The highest BCUT2D eigenvalue weighted by Crippen LogP contribution is 2.30. The molecule has 136 valence electrons. The average molecular weight is 361 g/mol. The van der Waals surface area contributed by atoms with Gasteiger partial charge in [0, 0.05) is 31.2 Å². The molecule has 1 aliphatic heterocycles. The number of alkyl halides is 3. The van der Waals surface area contributed by atoms with Crippen LogP contribution < -0.4 is 5.32 Å². The Morgan fingerprint density at radius 2 is 1.92 bits per heavy atom. The van der Waals surface area contributed by atoms with Crippen molar-refractivity contribution in [1.82, 2.24) is 9.88 Å². The van der Waals surface area contributed by atoms with E-state index in [9.17, 15) is 18.0 Å². The SMILES string of the molecule is Cc1ccncc1C1=CCN(C(=O)Nc2ccc(C(F)(F)F)cc2)CC1. The zero-order valence-electron chi connectivity index (χ0n) is 14.2. The summed E-state index contributed by atoms with van der Waals surface area (Å²) in [5, 5.41) is 2.63. The Bertz CT molecular complexity index is 829. The predicted octanol–water partition coefficient (Wildman–Crippen LogP) is 4.73. The largest absolute Gasteiger partial charge is 0.416 e. The monoisotopic (exact) mass is 361 g/mol. The summed E-state index contributed by atoms with van der Waals surface area (Å²) in [6, 6.07) is 6.03. The standard InChI is InChI=1S/C19H18F3N3O/c1-13-6-9-23-12-17(13)14-7-10-25(11-8-14)18(26)24-16-4-2-15(3-5-16)19(20,21)22/h2-7,9,12H,8,10-11H2,1H3,(H,24,26). The van der Waals surface area contributed by atoms with E-state index in [4.69, 9.17) is 0 Å². The molecule has 1 aliphatic rings. The molecule has 7 heteroatoms. The molecule has 2 amide bonds. The number of aryl methyl sites for hydroxylation is 1. The Labute approximate surface area is 149 Å². The molecule has 0 aliphatic carbocycles. The van der Waals surface area contributed by atoms with Gasteiger partial charge in [-0.3, -0.25) is 4.98 Å². The molecule has 4 nitrogen and oxygen atoms in total. The number of anilines is 1. The lowest BCUT2D eigenvalue weighted by molar-refractivity contribution is -0.137. The number of nitrogens with one attached hydrogen (secondary N) is 1. The first-order chi connectivity index (χ1) is 12.3. The molecule has 0 spiro atoms. The first-order valence-corrected chi connectivity index (χ1v) is 8.18. The zero-order chi connectivity index (χ0) is 18.7. The molecule has 2 heterocycles. The quantitative estimate of drug-likeness (QED) is 0.840. The Balaban J connectivity index is 1.63. The maximum atomic E-state index is 12.6. The van der Waals surface area contributed by atoms with Crippen LogP contribution in [-0.2, 0) is 6.18 Å². The number of pyridine rings is 1. The lowest BCUT2D eigenvalue weighted by atomic mass is 9.97. The van der Waals surface area contributed by atoms with Crippen LogP contribution in [0.1, 0.15) is 23.1 Å². The summed E-state index contributed by atoms with van der Waals surface area (Å²) in [6.45, 7) is 2.99. The van der Waals surface area contributed by atoms with Crippen LogP contribution in [0.15, 0.2) is 48.8 Å². The van der Waals surface area contributed by atoms with E-state index in [1.54, 1.807) is 11.1 Å². The molecular weight excluding hydrogens is 343 g/mol. The summed E-state index contributed by atoms with van der Waals surface area (Å²) in [6.07, 6.45) is 1.86. The number of aromatic nitrogens is 1. The minimum atomic E-state index is -4.39. The van der Waals surface area contributed by atoms with E-state index in [-0.39, 0.29) is 6.03 Å². The lowest BCUT2D eigenvalue weighted by Crippen LogP contribution is -2.37. The van der Waals surface area contributed by atoms with Gasteiger partial charge in [0.15, 0.2) is 0 Å². The smallest absolute Gasteiger partial charge is 0.320 e. The van der Waals surface area contributed by atoms with Crippen molar-refractivity contribution < 1.29 is 18.0 Å². The first-order valence-electron chi connectivity index (χ1n) is 8.18. The van der Waals surface area contributed by atoms with Crippen LogP contribution in [0.4, 0.5) is 23.7 Å². The number of urea groups is 1. The Hall–Kier alpha value is -2.83. The Kier molecular flexibility index (Phi) is 4.97. The molecule has 1 N–H and O–H groups in total. The second-order valence-electron chi connectivity index (χ2n) is 6.12. The van der Waals surface area contributed by atoms with Gasteiger partial charge in [0.1, 0.15) is 0 Å². The number of benzene rings is 1. The van der Waals surface area contributed by atoms with Crippen LogP contribution in [0.3, 0.4) is 0 Å². The van der Waals surface area contributed by atoms with Crippen LogP contribution in [-0.4, -0.2) is 29.0 Å². The highest BCUT2D eigenvalue weighted by molar-refractivity contribution is 5.90. The molecule has 1 aromatic carbocycles. The van der Waals surface area contributed by atoms with Crippen molar-refractivity contribution in [3.8, 4) is 0 Å². The molecule has 0 fully saturated rings. The summed E-state index contributed by atoms with van der Waals surface area (Å²) in [5.41, 5.74) is 2.95. The number of nitrogens with zero attached hydrogens (tertiary/aromatic N) is 2. The van der Waals surface area contributed by atoms with Gasteiger partial charge < -0.3 is 10.2 Å². The second kappa shape index (κ2) is 7.19. The molecule has 2 aromatic rings. The summed E-state index contributed by atoms with van der Waals surface area (Å²) >= 11 is 0. The van der Waals surface area contributed by atoms with Crippen molar-refractivity contribution in [3.05, 3.63) is 65.5 Å². The van der Waals surface area contributed by atoms with E-state index >= 15 is 0 Å². The predicted molar refractivity (Wildman–Crippen MR) is 93.6 cm³/mol. The van der Waals surface area contributed by atoms with E-state index < -0.39 is 11.7 Å². The fraction of sp³-hybridized carbons (Fsp3) is 0.263. The van der Waals surface area contributed by atoms with E-state index in [0.717, 1.165) is 28.8 Å². The van der Waals surface area contributed by atoms with E-state index in [0.29, 0.717) is 25.2 Å². The minimum absolute atomic E-state index is 0.331. The van der Waals surface area contributed by atoms with Gasteiger partial charge >= 0.3 is 12.2 Å². The molecular formula is C19H18F3N3O. The number of hydrogen-bond donors (Lipinski definition) is 1. The highest BCUT2D eigenvalue weighted by atomic mass is 19.4. The van der Waals surface area contributed by atoms with Crippen LogP contribution in [0.25, 0.3) is 5.57 Å². The van der Waals surface area contributed by atoms with Gasteiger partial charge in [-0.15, -0.1) is 0 Å². The summed E-state index contributed by atoms with van der Waals surface area (Å²) in [7, 11) is 0. The number of hydrogen-bond acceptors (Lipinski definition) is 2. The Morgan fingerprint density at radius 1 is 1.19 bits per heavy atom. The van der Waals surface area contributed by atoms with Crippen molar-refractivity contribution in [2.24, 2.45) is 0 Å². The van der Waals surface area contributed by atoms with Crippen LogP contribution in [0.2, 0.25) is 0 Å². The maximum absolute atomic E-state index is 12.6. The first kappa shape index (κ1) is 18.0. The third kappa shape index (κ3) is 4.04. The van der Waals surface area contributed by atoms with E-state index in [1.807, 2.05) is 25.3 Å². The second-order valence-corrected chi connectivity index (χ2v) is 6.12. The summed E-state index contributed by atoms with van der Waals surface area (Å²) in [4.78, 5) is 18.1. The van der Waals surface area contributed by atoms with E-state index in [2.05, 4.69) is 10.3 Å². The van der Waals surface area contributed by atoms with Gasteiger partial charge in [0.2, 0.25) is 0 Å². The number of rotatable bonds is 2. The van der Waals surface area contributed by atoms with Crippen molar-refractivity contribution in [2.75, 3.05) is 18.4 Å². The third-order valence-corrected chi connectivity index (χ3v) is 4.34. The molecule has 0 radical (unpaired) electrons. The third-order valence-electron chi connectivity index (χ3n) is 4.34. The van der Waals surface area contributed by atoms with Crippen LogP contribution >= 0.6 is 0 Å². The minimum Gasteiger partial charge on any atom is -0.320 e. The molecule has 0 saturated heterocycles. The summed E-state index contributed by atoms with van der Waals surface area (Å²) < 4.78 is 37.7. The van der Waals surface area contributed by atoms with Crippen LogP contribution in [0, 0.1) is 6.92 Å². The number of amides is 2. The van der Waals surface area contributed by atoms with Gasteiger partial charge in [-0.1, -0.05) is 6.08 Å². The molecule has 1 aromatic heterocycles. The topological polar surface area (TPSA) is 45.2 Å².